The topological polar surface area (TPSA) is 40.6 Å². The minimum absolute atomic E-state index is 0.0191. The Hall–Kier alpha value is -2.70. The van der Waals surface area contributed by atoms with E-state index in [1.165, 1.54) is 5.56 Å². The Labute approximate surface area is 255 Å². The number of hydrogen-bond acceptors (Lipinski definition) is 3. The van der Waals surface area contributed by atoms with Gasteiger partial charge in [-0.25, -0.2) is 0 Å². The van der Waals surface area contributed by atoms with Gasteiger partial charge >= 0.3 is 0 Å². The van der Waals surface area contributed by atoms with Crippen LogP contribution < -0.4 is 0 Å². The van der Waals surface area contributed by atoms with Gasteiger partial charge in [0.2, 0.25) is 0 Å². The fraction of sp³-hybridized carbons (Fsp3) is 0.324. The van der Waals surface area contributed by atoms with Crippen molar-refractivity contribution in [3.63, 3.8) is 0 Å². The molecule has 7 heteroatoms. The molecule has 0 radical (unpaired) electrons. The van der Waals surface area contributed by atoms with Crippen LogP contribution in [0.1, 0.15) is 52.6 Å². The molecule has 0 aromatic heterocycles. The minimum atomic E-state index is -0.947. The second-order valence-corrected chi connectivity index (χ2v) is 13.2. The van der Waals surface area contributed by atoms with E-state index in [9.17, 15) is 9.00 Å². The number of rotatable bonds is 9. The van der Waals surface area contributed by atoms with E-state index < -0.39 is 10.8 Å². The normalized spacial score (nSPS) is 16.0. The van der Waals surface area contributed by atoms with E-state index in [0.29, 0.717) is 22.5 Å². The SMILES string of the molecule is CN(C[C@@H](CCN1CCC(c2ccc(S(C)=O)cc2)CC1)c1ccc(Cl)c(Cl)c1)C(=O)c1cccc2ccccc12. The summed E-state index contributed by atoms with van der Waals surface area (Å²) in [4.78, 5) is 18.9. The Morgan fingerprint density at radius 3 is 2.37 bits per heavy atom. The molecule has 5 rings (SSSR count). The number of hydrogen-bond donors (Lipinski definition) is 0. The van der Waals surface area contributed by atoms with Crippen molar-refractivity contribution < 1.29 is 9.00 Å². The predicted molar refractivity (Wildman–Crippen MR) is 172 cm³/mol. The highest BCUT2D eigenvalue weighted by molar-refractivity contribution is 7.84. The van der Waals surface area contributed by atoms with E-state index in [2.05, 4.69) is 17.0 Å². The van der Waals surface area contributed by atoms with Gasteiger partial charge in [-0.2, -0.15) is 0 Å². The lowest BCUT2D eigenvalue weighted by atomic mass is 9.89. The van der Waals surface area contributed by atoms with Crippen molar-refractivity contribution in [2.24, 2.45) is 0 Å². The maximum absolute atomic E-state index is 13.6. The van der Waals surface area contributed by atoms with Crippen molar-refractivity contribution >= 4 is 50.7 Å². The first-order chi connectivity index (χ1) is 19.8. The second-order valence-electron chi connectivity index (χ2n) is 11.0. The maximum atomic E-state index is 13.6. The molecule has 1 aliphatic rings. The van der Waals surface area contributed by atoms with Gasteiger partial charge in [0, 0.05) is 47.0 Å². The summed E-state index contributed by atoms with van der Waals surface area (Å²) in [6.45, 7) is 3.60. The fourth-order valence-electron chi connectivity index (χ4n) is 5.92. The summed E-state index contributed by atoms with van der Waals surface area (Å²) in [5.74, 6) is 0.667. The molecule has 0 aliphatic carbocycles. The molecular formula is C34H36Cl2N2O2S. The first kappa shape index (κ1) is 29.8. The Balaban J connectivity index is 1.26. The number of fused-ring (bicyclic) bond motifs is 1. The third kappa shape index (κ3) is 7.21. The van der Waals surface area contributed by atoms with E-state index in [4.69, 9.17) is 23.2 Å². The van der Waals surface area contributed by atoms with E-state index >= 15 is 0 Å². The zero-order valence-corrected chi connectivity index (χ0v) is 25.9. The third-order valence-corrected chi connectivity index (χ3v) is 10.0. The number of carbonyl (C=O) groups excluding carboxylic acids is 1. The van der Waals surface area contributed by atoms with Gasteiger partial charge < -0.3 is 9.80 Å². The van der Waals surface area contributed by atoms with Gasteiger partial charge in [-0.1, -0.05) is 77.8 Å². The van der Waals surface area contributed by atoms with Gasteiger partial charge in [0.15, 0.2) is 0 Å². The Morgan fingerprint density at radius 1 is 0.951 bits per heavy atom. The molecule has 1 unspecified atom stereocenters. The summed E-state index contributed by atoms with van der Waals surface area (Å²) in [5, 5.41) is 3.11. The molecule has 214 valence electrons. The van der Waals surface area contributed by atoms with Crippen LogP contribution in [0.15, 0.2) is 89.8 Å². The number of carbonyl (C=O) groups is 1. The summed E-state index contributed by atoms with van der Waals surface area (Å²) >= 11 is 12.7. The number of amides is 1. The molecule has 2 atom stereocenters. The third-order valence-electron chi connectivity index (χ3n) is 8.34. The van der Waals surface area contributed by atoms with Crippen molar-refractivity contribution in [2.45, 2.75) is 36.0 Å². The van der Waals surface area contributed by atoms with Gasteiger partial charge in [-0.05, 0) is 97.0 Å². The molecule has 1 heterocycles. The molecule has 4 aromatic carbocycles. The Kier molecular flexibility index (Phi) is 9.82. The average Bonchev–Trinajstić information content (AvgIpc) is 3.00. The molecule has 4 aromatic rings. The molecule has 1 saturated heterocycles. The lowest BCUT2D eigenvalue weighted by Crippen LogP contribution is -2.36. The quantitative estimate of drug-likeness (QED) is 0.194. The lowest BCUT2D eigenvalue weighted by Gasteiger charge is -2.34. The highest BCUT2D eigenvalue weighted by Crippen LogP contribution is 2.32. The number of piperidine rings is 1. The smallest absolute Gasteiger partial charge is 0.254 e. The summed E-state index contributed by atoms with van der Waals surface area (Å²) in [6, 6.07) is 28.0. The van der Waals surface area contributed by atoms with Gasteiger partial charge in [0.25, 0.3) is 5.91 Å². The molecule has 1 aliphatic heterocycles. The van der Waals surface area contributed by atoms with Gasteiger partial charge in [-0.15, -0.1) is 0 Å². The minimum Gasteiger partial charge on any atom is -0.341 e. The van der Waals surface area contributed by atoms with E-state index in [1.54, 1.807) is 6.26 Å². The number of halogens is 2. The van der Waals surface area contributed by atoms with Crippen LogP contribution in [0.4, 0.5) is 0 Å². The van der Waals surface area contributed by atoms with Crippen LogP contribution in [0, 0.1) is 0 Å². The molecular weight excluding hydrogens is 571 g/mol. The Bertz CT molecular complexity index is 1530. The monoisotopic (exact) mass is 606 g/mol. The molecule has 0 bridgehead atoms. The number of likely N-dealkylation sites (tertiary alicyclic amines) is 1. The summed E-state index contributed by atoms with van der Waals surface area (Å²) < 4.78 is 11.7. The molecule has 4 nitrogen and oxygen atoms in total. The molecule has 1 amide bonds. The number of likely N-dealkylation sites (N-methyl/N-ethyl adjacent to an activating group) is 1. The van der Waals surface area contributed by atoms with Crippen molar-refractivity contribution in [1.82, 2.24) is 9.80 Å². The summed E-state index contributed by atoms with van der Waals surface area (Å²) in [6.07, 6.45) is 4.83. The lowest BCUT2D eigenvalue weighted by molar-refractivity contribution is 0.0783. The highest BCUT2D eigenvalue weighted by Gasteiger charge is 2.24. The predicted octanol–water partition coefficient (Wildman–Crippen LogP) is 8.01. The molecule has 1 fully saturated rings. The highest BCUT2D eigenvalue weighted by atomic mass is 35.5. The van der Waals surface area contributed by atoms with Crippen LogP contribution in [0.25, 0.3) is 10.8 Å². The van der Waals surface area contributed by atoms with E-state index in [-0.39, 0.29) is 11.8 Å². The van der Waals surface area contributed by atoms with Crippen LogP contribution in [0.5, 0.6) is 0 Å². The van der Waals surface area contributed by atoms with Gasteiger partial charge in [0.05, 0.1) is 10.0 Å². The van der Waals surface area contributed by atoms with Crippen LogP contribution >= 0.6 is 23.2 Å². The van der Waals surface area contributed by atoms with Crippen LogP contribution in [0.2, 0.25) is 10.0 Å². The van der Waals surface area contributed by atoms with E-state index in [0.717, 1.165) is 65.7 Å². The average molecular weight is 608 g/mol. The first-order valence-electron chi connectivity index (χ1n) is 14.1. The number of nitrogens with zero attached hydrogens (tertiary/aromatic N) is 2. The summed E-state index contributed by atoms with van der Waals surface area (Å²) in [7, 11) is 0.941. The second kappa shape index (κ2) is 13.5. The van der Waals surface area contributed by atoms with E-state index in [1.807, 2.05) is 84.7 Å². The van der Waals surface area contributed by atoms with Crippen molar-refractivity contribution in [1.29, 1.82) is 0 Å². The van der Waals surface area contributed by atoms with Crippen LogP contribution in [-0.2, 0) is 10.8 Å². The fourth-order valence-corrected chi connectivity index (χ4v) is 6.75. The zero-order chi connectivity index (χ0) is 28.9. The van der Waals surface area contributed by atoms with Gasteiger partial charge in [0.1, 0.15) is 0 Å². The number of benzene rings is 4. The largest absolute Gasteiger partial charge is 0.341 e. The summed E-state index contributed by atoms with van der Waals surface area (Å²) in [5.41, 5.74) is 3.15. The van der Waals surface area contributed by atoms with Crippen molar-refractivity contribution in [3.05, 3.63) is 112 Å². The Morgan fingerprint density at radius 2 is 1.66 bits per heavy atom. The van der Waals surface area contributed by atoms with Crippen LogP contribution in [-0.4, -0.2) is 59.4 Å². The zero-order valence-electron chi connectivity index (χ0n) is 23.6. The van der Waals surface area contributed by atoms with Crippen molar-refractivity contribution in [2.75, 3.05) is 39.5 Å². The molecule has 0 spiro atoms. The standard InChI is InChI=1S/C34H36Cl2N2O2S/c1-37(34(39)31-9-5-7-26-6-3-4-8-30(26)31)23-28(27-12-15-32(35)33(36)22-27)18-21-38-19-16-25(17-20-38)24-10-13-29(14-11-24)41(2)40/h3-15,22,25,28H,16-21,23H2,1-2H3/t28-,41?/m1/s1. The molecule has 0 N–H and O–H groups in total. The van der Waals surface area contributed by atoms with Crippen LogP contribution in [0.3, 0.4) is 0 Å². The maximum Gasteiger partial charge on any atom is 0.254 e. The van der Waals surface area contributed by atoms with Gasteiger partial charge in [-0.3, -0.25) is 9.00 Å². The molecule has 41 heavy (non-hydrogen) atoms. The van der Waals surface area contributed by atoms with Crippen molar-refractivity contribution in [3.8, 4) is 0 Å². The molecule has 0 saturated carbocycles. The first-order valence-corrected chi connectivity index (χ1v) is 16.5.